The summed E-state index contributed by atoms with van der Waals surface area (Å²) in [5.74, 6) is 0. The van der Waals surface area contributed by atoms with E-state index in [1.807, 2.05) is 0 Å². The number of unbranched alkanes of at least 4 members (excludes halogenated alkanes) is 4. The smallest absolute Gasteiger partial charge is 0.0183 e. The predicted octanol–water partition coefficient (Wildman–Crippen LogP) is 3.15. The largest absolute Gasteiger partial charge is 0.0654 e. The van der Waals surface area contributed by atoms with Gasteiger partial charge in [0.25, 0.3) is 0 Å². The lowest BCUT2D eigenvalue weighted by Crippen LogP contribution is -2.11. The van der Waals surface area contributed by atoms with E-state index in [-0.39, 0.29) is 0 Å². The lowest BCUT2D eigenvalue weighted by atomic mass is 10.3. The highest BCUT2D eigenvalue weighted by atomic mass is 29.5. The normalized spacial score (nSPS) is 10.6. The fraction of sp³-hybridized carbons (Fsp3) is 1.00. The summed E-state index contributed by atoms with van der Waals surface area (Å²) in [7, 11) is 3.90. The zero-order chi connectivity index (χ0) is 9.78. The molecule has 3 heteroatoms. The van der Waals surface area contributed by atoms with Crippen LogP contribution in [0.25, 0.3) is 0 Å². The molecule has 13 heavy (non-hydrogen) atoms. The zero-order valence-electron chi connectivity index (χ0n) is 9.16. The zero-order valence-corrected chi connectivity index (χ0v) is 12.2. The van der Waals surface area contributed by atoms with Crippen LogP contribution in [0.2, 0.25) is 12.1 Å². The van der Waals surface area contributed by atoms with Gasteiger partial charge in [0.1, 0.15) is 0 Å². The van der Waals surface area contributed by atoms with Crippen molar-refractivity contribution in [1.29, 1.82) is 0 Å². The monoisotopic (exact) mass is 226 g/mol. The first-order valence-corrected chi connectivity index (χ1v) is 11.0. The predicted molar refractivity (Wildman–Crippen MR) is 65.9 cm³/mol. The Morgan fingerprint density at radius 1 is 0.692 bits per heavy atom. The van der Waals surface area contributed by atoms with Gasteiger partial charge in [0, 0.05) is 26.6 Å². The molecule has 6 radical (unpaired) electrons. The van der Waals surface area contributed by atoms with Gasteiger partial charge >= 0.3 is 0 Å². The van der Waals surface area contributed by atoms with E-state index in [1.54, 1.807) is 0 Å². The molecule has 0 aliphatic heterocycles. The summed E-state index contributed by atoms with van der Waals surface area (Å²) in [4.78, 5) is 0. The van der Waals surface area contributed by atoms with Crippen LogP contribution in [0.5, 0.6) is 0 Å². The molecule has 0 unspecified atom stereocenters. The van der Waals surface area contributed by atoms with Crippen LogP contribution in [0.1, 0.15) is 52.4 Å². The third-order valence-corrected chi connectivity index (χ3v) is 9.29. The highest BCUT2D eigenvalue weighted by Crippen LogP contribution is 1.99. The molecule has 0 N–H and O–H groups in total. The second-order valence-corrected chi connectivity index (χ2v) is 10.5. The van der Waals surface area contributed by atoms with E-state index in [9.17, 15) is 0 Å². The van der Waals surface area contributed by atoms with E-state index < -0.39 is 0 Å². The minimum absolute atomic E-state index is 1.29. The highest BCUT2D eigenvalue weighted by molar-refractivity contribution is 7.29. The third-order valence-electron chi connectivity index (χ3n) is 1.99. The number of rotatable bonds is 10. The second-order valence-electron chi connectivity index (χ2n) is 3.39. The summed E-state index contributed by atoms with van der Waals surface area (Å²) in [6.07, 6.45) is 8.65. The van der Waals surface area contributed by atoms with Crippen LogP contribution in [0.15, 0.2) is 0 Å². The molecule has 0 rings (SSSR count). The van der Waals surface area contributed by atoms with Gasteiger partial charge in [-0.2, -0.15) is 0 Å². The first-order valence-electron chi connectivity index (χ1n) is 5.62. The van der Waals surface area contributed by atoms with Crippen LogP contribution in [0.4, 0.5) is 0 Å². The molecule has 74 valence electrons. The fourth-order valence-electron chi connectivity index (χ4n) is 1.11. The lowest BCUT2D eigenvalue weighted by Gasteiger charge is -1.98. The van der Waals surface area contributed by atoms with Gasteiger partial charge in [-0.3, -0.25) is 0 Å². The van der Waals surface area contributed by atoms with E-state index in [4.69, 9.17) is 0 Å². The fourth-order valence-corrected chi connectivity index (χ4v) is 7.90. The van der Waals surface area contributed by atoms with Crippen LogP contribution in [-0.2, 0) is 0 Å². The van der Waals surface area contributed by atoms with Crippen molar-refractivity contribution in [2.45, 2.75) is 64.5 Å². The van der Waals surface area contributed by atoms with Gasteiger partial charge in [0.2, 0.25) is 0 Å². The standard InChI is InChI=1S/C10H22Si3/c1-3-5-7-9-11-13-12-10-8-6-4-2/h3-10H2,1-2H3. The van der Waals surface area contributed by atoms with Crippen molar-refractivity contribution in [1.82, 2.24) is 0 Å². The minimum Gasteiger partial charge on any atom is -0.0654 e. The van der Waals surface area contributed by atoms with Gasteiger partial charge in [-0.15, -0.1) is 0 Å². The highest BCUT2D eigenvalue weighted by Gasteiger charge is 1.93. The SMILES string of the molecule is CCCCC[Si][Si][Si]CCCCC. The van der Waals surface area contributed by atoms with Crippen molar-refractivity contribution in [3.63, 3.8) is 0 Å². The summed E-state index contributed by atoms with van der Waals surface area (Å²) in [5.41, 5.74) is 0. The minimum atomic E-state index is 1.29. The molecule has 0 aliphatic carbocycles. The second kappa shape index (κ2) is 12.7. The Hall–Kier alpha value is 0.651. The quantitative estimate of drug-likeness (QED) is 0.397. The van der Waals surface area contributed by atoms with Gasteiger partial charge < -0.3 is 0 Å². The molecule has 0 atom stereocenters. The Bertz CT molecular complexity index is 76.2. The summed E-state index contributed by atoms with van der Waals surface area (Å²) >= 11 is 0. The molecule has 0 fully saturated rings. The van der Waals surface area contributed by atoms with Crippen LogP contribution >= 0.6 is 0 Å². The molecule has 0 aliphatic rings. The molecule has 0 heterocycles. The maximum Gasteiger partial charge on any atom is 0.0183 e. The number of hydrogen-bond acceptors (Lipinski definition) is 0. The van der Waals surface area contributed by atoms with Crippen molar-refractivity contribution in [2.75, 3.05) is 0 Å². The topological polar surface area (TPSA) is 0 Å². The lowest BCUT2D eigenvalue weighted by molar-refractivity contribution is 0.769. The molecule has 0 aromatic heterocycles. The molecule has 0 nitrogen and oxygen atoms in total. The summed E-state index contributed by atoms with van der Waals surface area (Å²) in [5, 5.41) is 0. The van der Waals surface area contributed by atoms with E-state index in [2.05, 4.69) is 13.8 Å². The summed E-state index contributed by atoms with van der Waals surface area (Å²) < 4.78 is 0. The van der Waals surface area contributed by atoms with Gasteiger partial charge in [0.15, 0.2) is 0 Å². The van der Waals surface area contributed by atoms with Crippen molar-refractivity contribution >= 4 is 26.6 Å². The molecule has 0 aromatic rings. The van der Waals surface area contributed by atoms with Gasteiger partial charge in [-0.25, -0.2) is 0 Å². The Balaban J connectivity index is 2.76. The maximum absolute atomic E-state index is 2.29. The van der Waals surface area contributed by atoms with E-state index in [0.29, 0.717) is 0 Å². The Morgan fingerprint density at radius 2 is 1.15 bits per heavy atom. The van der Waals surface area contributed by atoms with Gasteiger partial charge in [-0.05, 0) is 0 Å². The molecule has 0 saturated carbocycles. The van der Waals surface area contributed by atoms with Crippen LogP contribution in [0, 0.1) is 0 Å². The first kappa shape index (κ1) is 13.7. The maximum atomic E-state index is 2.29. The Kier molecular flexibility index (Phi) is 13.3. The molecule has 0 saturated heterocycles. The Morgan fingerprint density at radius 3 is 1.54 bits per heavy atom. The van der Waals surface area contributed by atoms with E-state index >= 15 is 0 Å². The molecule has 0 bridgehead atoms. The van der Waals surface area contributed by atoms with Crippen molar-refractivity contribution in [3.8, 4) is 0 Å². The molecular formula is C10H22Si3. The van der Waals surface area contributed by atoms with Crippen molar-refractivity contribution in [3.05, 3.63) is 0 Å². The summed E-state index contributed by atoms with van der Waals surface area (Å²) in [6.45, 7) is 4.58. The molecular weight excluding hydrogens is 204 g/mol. The average Bonchev–Trinajstić information content (AvgIpc) is 2.16. The summed E-state index contributed by atoms with van der Waals surface area (Å²) in [6, 6.07) is 3.04. The first-order chi connectivity index (χ1) is 6.41. The average molecular weight is 227 g/mol. The van der Waals surface area contributed by atoms with Crippen molar-refractivity contribution < 1.29 is 0 Å². The third kappa shape index (κ3) is 12.7. The Labute approximate surface area is 91.3 Å². The molecule has 0 amide bonds. The number of hydrogen-bond donors (Lipinski definition) is 0. The van der Waals surface area contributed by atoms with E-state index in [1.165, 1.54) is 77.2 Å². The van der Waals surface area contributed by atoms with Crippen LogP contribution in [0.3, 0.4) is 0 Å². The van der Waals surface area contributed by atoms with Crippen LogP contribution < -0.4 is 0 Å². The van der Waals surface area contributed by atoms with Crippen LogP contribution in [-0.4, -0.2) is 26.6 Å². The van der Waals surface area contributed by atoms with Gasteiger partial charge in [-0.1, -0.05) is 64.5 Å². The van der Waals surface area contributed by atoms with E-state index in [0.717, 1.165) is 0 Å². The molecule has 0 aromatic carbocycles. The van der Waals surface area contributed by atoms with Gasteiger partial charge in [0.05, 0.1) is 0 Å². The van der Waals surface area contributed by atoms with Crippen molar-refractivity contribution in [2.24, 2.45) is 0 Å². The molecule has 0 spiro atoms.